The minimum Gasteiger partial charge on any atom is -0.497 e. The number of amides is 1. The van der Waals surface area contributed by atoms with Crippen molar-refractivity contribution >= 4 is 17.8 Å². The molecule has 6 nitrogen and oxygen atoms in total. The van der Waals surface area contributed by atoms with Gasteiger partial charge in [-0.2, -0.15) is 5.10 Å². The minimum atomic E-state index is 0.0358. The number of benzene rings is 2. The lowest BCUT2D eigenvalue weighted by molar-refractivity contribution is -0.892. The molecule has 0 radical (unpaired) electrons. The number of rotatable bonds is 5. The zero-order chi connectivity index (χ0) is 19.3. The first kappa shape index (κ1) is 18.5. The predicted octanol–water partition coefficient (Wildman–Crippen LogP) is 1.36. The van der Waals surface area contributed by atoms with Gasteiger partial charge in [0.1, 0.15) is 5.75 Å². The Morgan fingerprint density at radius 3 is 2.50 bits per heavy atom. The van der Waals surface area contributed by atoms with Gasteiger partial charge in [0.05, 0.1) is 39.3 Å². The number of quaternary nitrogens is 1. The summed E-state index contributed by atoms with van der Waals surface area (Å²) in [5.41, 5.74) is 2.35. The number of ether oxygens (including phenoxy) is 1. The SMILES string of the molecule is COc1ccc(N2CC[NH+](CC(=O)N3N=CC[C@H]3c3ccccc3)CC2)cc1. The summed E-state index contributed by atoms with van der Waals surface area (Å²) in [4.78, 5) is 16.6. The third kappa shape index (κ3) is 4.02. The molecule has 2 aromatic carbocycles. The van der Waals surface area contributed by atoms with E-state index in [1.165, 1.54) is 10.6 Å². The normalized spacial score (nSPS) is 19.8. The molecule has 0 bridgehead atoms. The Morgan fingerprint density at radius 1 is 1.11 bits per heavy atom. The van der Waals surface area contributed by atoms with Crippen molar-refractivity contribution < 1.29 is 14.4 Å². The maximum absolute atomic E-state index is 12.9. The average Bonchev–Trinajstić information content (AvgIpc) is 3.25. The summed E-state index contributed by atoms with van der Waals surface area (Å²) < 4.78 is 5.23. The van der Waals surface area contributed by atoms with Crippen molar-refractivity contribution in [2.24, 2.45) is 5.10 Å². The highest BCUT2D eigenvalue weighted by atomic mass is 16.5. The van der Waals surface area contributed by atoms with E-state index in [2.05, 4.69) is 34.3 Å². The molecule has 2 aliphatic rings. The summed E-state index contributed by atoms with van der Waals surface area (Å²) in [7, 11) is 1.68. The third-order valence-corrected chi connectivity index (χ3v) is 5.58. The van der Waals surface area contributed by atoms with E-state index in [-0.39, 0.29) is 11.9 Å². The number of piperazine rings is 1. The highest BCUT2D eigenvalue weighted by Crippen LogP contribution is 2.27. The molecule has 6 heteroatoms. The number of hydrogen-bond acceptors (Lipinski definition) is 4. The van der Waals surface area contributed by atoms with Gasteiger partial charge in [0, 0.05) is 18.3 Å². The highest BCUT2D eigenvalue weighted by Gasteiger charge is 2.31. The van der Waals surface area contributed by atoms with E-state index >= 15 is 0 Å². The van der Waals surface area contributed by atoms with Crippen LogP contribution in [0, 0.1) is 0 Å². The summed E-state index contributed by atoms with van der Waals surface area (Å²) in [6.07, 6.45) is 2.64. The molecular weight excluding hydrogens is 352 g/mol. The van der Waals surface area contributed by atoms with E-state index in [1.807, 2.05) is 36.5 Å². The van der Waals surface area contributed by atoms with Crippen molar-refractivity contribution in [1.29, 1.82) is 0 Å². The number of methoxy groups -OCH3 is 1. The Morgan fingerprint density at radius 2 is 1.82 bits per heavy atom. The standard InChI is InChI=1S/C22H26N4O2/c1-28-20-9-7-19(8-10-20)25-15-13-24(14-16-25)17-22(27)26-21(11-12-23-26)18-5-3-2-4-6-18/h2-10,12,21H,11,13-17H2,1H3/p+1/t21-/m0/s1. The first-order valence-electron chi connectivity index (χ1n) is 9.86. The first-order chi connectivity index (χ1) is 13.7. The van der Waals surface area contributed by atoms with Crippen molar-refractivity contribution in [3.05, 3.63) is 60.2 Å². The van der Waals surface area contributed by atoms with Crippen molar-refractivity contribution in [3.8, 4) is 5.75 Å². The number of nitrogens with one attached hydrogen (secondary N) is 1. The van der Waals surface area contributed by atoms with Gasteiger partial charge in [0.2, 0.25) is 0 Å². The van der Waals surface area contributed by atoms with Crippen LogP contribution in [0.3, 0.4) is 0 Å². The molecule has 0 spiro atoms. The van der Waals surface area contributed by atoms with Crippen LogP contribution in [-0.2, 0) is 4.79 Å². The molecule has 2 aliphatic heterocycles. The van der Waals surface area contributed by atoms with Crippen LogP contribution in [0.4, 0.5) is 5.69 Å². The zero-order valence-electron chi connectivity index (χ0n) is 16.3. The van der Waals surface area contributed by atoms with Crippen LogP contribution in [0.5, 0.6) is 5.75 Å². The first-order valence-corrected chi connectivity index (χ1v) is 9.86. The van der Waals surface area contributed by atoms with E-state index in [4.69, 9.17) is 4.74 Å². The Bertz CT molecular complexity index is 814. The van der Waals surface area contributed by atoms with Gasteiger partial charge < -0.3 is 14.5 Å². The zero-order valence-corrected chi connectivity index (χ0v) is 16.3. The van der Waals surface area contributed by atoms with Crippen LogP contribution in [0.15, 0.2) is 59.7 Å². The van der Waals surface area contributed by atoms with Gasteiger partial charge in [0.25, 0.3) is 5.91 Å². The van der Waals surface area contributed by atoms with E-state index in [1.54, 1.807) is 12.1 Å². The van der Waals surface area contributed by atoms with Crippen LogP contribution in [-0.4, -0.2) is 57.0 Å². The van der Waals surface area contributed by atoms with Gasteiger partial charge in [-0.15, -0.1) is 0 Å². The molecule has 1 amide bonds. The van der Waals surface area contributed by atoms with Crippen LogP contribution < -0.4 is 14.5 Å². The van der Waals surface area contributed by atoms with Crippen LogP contribution in [0.25, 0.3) is 0 Å². The number of hydrogen-bond donors (Lipinski definition) is 1. The third-order valence-electron chi connectivity index (χ3n) is 5.58. The van der Waals surface area contributed by atoms with Crippen LogP contribution in [0.1, 0.15) is 18.0 Å². The molecule has 146 valence electrons. The minimum absolute atomic E-state index is 0.0358. The number of carbonyl (C=O) groups excluding carboxylic acids is 1. The molecule has 2 aromatic rings. The van der Waals surface area contributed by atoms with Gasteiger partial charge in [-0.25, -0.2) is 5.01 Å². The molecule has 0 unspecified atom stereocenters. The molecule has 2 heterocycles. The Balaban J connectivity index is 1.31. The second-order valence-electron chi connectivity index (χ2n) is 7.31. The second-order valence-corrected chi connectivity index (χ2v) is 7.31. The number of nitrogens with zero attached hydrogens (tertiary/aromatic N) is 3. The summed E-state index contributed by atoms with van der Waals surface area (Å²) in [5.74, 6) is 0.980. The number of carbonyl (C=O) groups is 1. The second kappa shape index (κ2) is 8.44. The molecule has 1 N–H and O–H groups in total. The number of anilines is 1. The molecule has 1 fully saturated rings. The van der Waals surface area contributed by atoms with Gasteiger partial charge in [0.15, 0.2) is 6.54 Å². The lowest BCUT2D eigenvalue weighted by atomic mass is 10.0. The molecule has 0 saturated carbocycles. The fourth-order valence-corrected chi connectivity index (χ4v) is 3.95. The van der Waals surface area contributed by atoms with E-state index in [0.717, 1.165) is 43.9 Å². The highest BCUT2D eigenvalue weighted by molar-refractivity contribution is 5.80. The van der Waals surface area contributed by atoms with Crippen molar-refractivity contribution in [3.63, 3.8) is 0 Å². The van der Waals surface area contributed by atoms with E-state index in [9.17, 15) is 4.79 Å². The van der Waals surface area contributed by atoms with Crippen LogP contribution in [0.2, 0.25) is 0 Å². The molecule has 4 rings (SSSR count). The predicted molar refractivity (Wildman–Crippen MR) is 110 cm³/mol. The van der Waals surface area contributed by atoms with Gasteiger partial charge in [-0.1, -0.05) is 30.3 Å². The Hall–Kier alpha value is -2.86. The molecule has 1 saturated heterocycles. The maximum Gasteiger partial charge on any atom is 0.298 e. The fourth-order valence-electron chi connectivity index (χ4n) is 3.95. The van der Waals surface area contributed by atoms with Crippen LogP contribution >= 0.6 is 0 Å². The lowest BCUT2D eigenvalue weighted by Gasteiger charge is -2.34. The number of hydrazone groups is 1. The lowest BCUT2D eigenvalue weighted by Crippen LogP contribution is -3.15. The average molecular weight is 379 g/mol. The van der Waals surface area contributed by atoms with Gasteiger partial charge in [-0.05, 0) is 29.8 Å². The summed E-state index contributed by atoms with van der Waals surface area (Å²) in [6, 6.07) is 18.4. The fraction of sp³-hybridized carbons (Fsp3) is 0.364. The van der Waals surface area contributed by atoms with Crippen molar-refractivity contribution in [2.45, 2.75) is 12.5 Å². The smallest absolute Gasteiger partial charge is 0.298 e. The largest absolute Gasteiger partial charge is 0.497 e. The summed E-state index contributed by atoms with van der Waals surface area (Å²) >= 11 is 0. The molecule has 1 atom stereocenters. The maximum atomic E-state index is 12.9. The van der Waals surface area contributed by atoms with E-state index < -0.39 is 0 Å². The summed E-state index contributed by atoms with van der Waals surface area (Å²) in [6.45, 7) is 4.29. The van der Waals surface area contributed by atoms with Crippen molar-refractivity contribution in [2.75, 3.05) is 44.7 Å². The Labute approximate surface area is 166 Å². The molecule has 28 heavy (non-hydrogen) atoms. The topological polar surface area (TPSA) is 49.6 Å². The Kier molecular flexibility index (Phi) is 5.58. The van der Waals surface area contributed by atoms with Gasteiger partial charge >= 0.3 is 0 Å². The van der Waals surface area contributed by atoms with E-state index in [0.29, 0.717) is 6.54 Å². The van der Waals surface area contributed by atoms with Crippen molar-refractivity contribution in [1.82, 2.24) is 5.01 Å². The molecule has 0 aliphatic carbocycles. The molecular formula is C22H27N4O2+. The monoisotopic (exact) mass is 379 g/mol. The quantitative estimate of drug-likeness (QED) is 0.854. The van der Waals surface area contributed by atoms with Gasteiger partial charge in [-0.3, -0.25) is 4.79 Å². The molecule has 0 aromatic heterocycles. The summed E-state index contributed by atoms with van der Waals surface area (Å²) in [5, 5.41) is 6.04.